The number of rotatable bonds is 5. The molecule has 0 spiro atoms. The van der Waals surface area contributed by atoms with Gasteiger partial charge >= 0.3 is 0 Å². The maximum Gasteiger partial charge on any atom is 0.252 e. The summed E-state index contributed by atoms with van der Waals surface area (Å²) in [4.78, 5) is 11.7. The topological polar surface area (TPSA) is 41.1 Å². The zero-order chi connectivity index (χ0) is 12.0. The van der Waals surface area contributed by atoms with Crippen molar-refractivity contribution in [3.8, 4) is 0 Å². The molecule has 88 valence electrons. The van der Waals surface area contributed by atoms with Crippen LogP contribution in [0.15, 0.2) is 18.2 Å². The van der Waals surface area contributed by atoms with Crippen molar-refractivity contribution in [3.63, 3.8) is 0 Å². The fourth-order valence-electron chi connectivity index (χ4n) is 1.21. The van der Waals surface area contributed by atoms with Crippen LogP contribution in [0.25, 0.3) is 0 Å². The molecule has 0 aliphatic heterocycles. The summed E-state index contributed by atoms with van der Waals surface area (Å²) in [6.07, 6.45) is 0. The molecule has 2 N–H and O–H groups in total. The van der Waals surface area contributed by atoms with E-state index in [-0.39, 0.29) is 5.91 Å². The van der Waals surface area contributed by atoms with Crippen molar-refractivity contribution in [2.75, 3.05) is 19.6 Å². The van der Waals surface area contributed by atoms with E-state index >= 15 is 0 Å². The molecule has 0 fully saturated rings. The summed E-state index contributed by atoms with van der Waals surface area (Å²) in [6, 6.07) is 5.39. The number of halogens is 2. The molecule has 0 saturated heterocycles. The average molecular weight is 353 g/mol. The SMILES string of the molecule is CCNCCNC(=O)c1ccc(I)cc1Cl. The molecule has 0 saturated carbocycles. The molecule has 0 radical (unpaired) electrons. The van der Waals surface area contributed by atoms with Crippen LogP contribution in [0, 0.1) is 3.57 Å². The molecule has 0 atom stereocenters. The monoisotopic (exact) mass is 352 g/mol. The minimum absolute atomic E-state index is 0.126. The van der Waals surface area contributed by atoms with Crippen molar-refractivity contribution in [1.29, 1.82) is 0 Å². The highest BCUT2D eigenvalue weighted by Crippen LogP contribution is 2.18. The summed E-state index contributed by atoms with van der Waals surface area (Å²) in [5.74, 6) is -0.126. The van der Waals surface area contributed by atoms with Gasteiger partial charge in [-0.2, -0.15) is 0 Å². The molecule has 0 aromatic heterocycles. The summed E-state index contributed by atoms with van der Waals surface area (Å²) in [5.41, 5.74) is 0.526. The fourth-order valence-corrected chi connectivity index (χ4v) is 2.15. The first-order valence-electron chi connectivity index (χ1n) is 5.09. The van der Waals surface area contributed by atoms with E-state index in [1.807, 2.05) is 13.0 Å². The fraction of sp³-hybridized carbons (Fsp3) is 0.364. The van der Waals surface area contributed by atoms with Crippen molar-refractivity contribution in [2.45, 2.75) is 6.92 Å². The van der Waals surface area contributed by atoms with E-state index < -0.39 is 0 Å². The smallest absolute Gasteiger partial charge is 0.252 e. The number of amides is 1. The highest BCUT2D eigenvalue weighted by Gasteiger charge is 2.09. The Morgan fingerprint density at radius 1 is 1.44 bits per heavy atom. The van der Waals surface area contributed by atoms with Crippen molar-refractivity contribution < 1.29 is 4.79 Å². The van der Waals surface area contributed by atoms with Gasteiger partial charge in [0.1, 0.15) is 0 Å². The Kier molecular flexibility index (Phi) is 6.08. The third-order valence-corrected chi connectivity index (χ3v) is 3.00. The Morgan fingerprint density at radius 2 is 2.19 bits per heavy atom. The van der Waals surface area contributed by atoms with Gasteiger partial charge in [0.25, 0.3) is 5.91 Å². The summed E-state index contributed by atoms with van der Waals surface area (Å²) in [6.45, 7) is 4.30. The highest BCUT2D eigenvalue weighted by atomic mass is 127. The zero-order valence-corrected chi connectivity index (χ0v) is 11.9. The van der Waals surface area contributed by atoms with Gasteiger partial charge in [0, 0.05) is 16.7 Å². The molecule has 5 heteroatoms. The van der Waals surface area contributed by atoms with E-state index in [1.165, 1.54) is 0 Å². The molecular formula is C11H14ClIN2O. The van der Waals surface area contributed by atoms with E-state index in [0.29, 0.717) is 17.1 Å². The van der Waals surface area contributed by atoms with Crippen LogP contribution in [-0.2, 0) is 0 Å². The van der Waals surface area contributed by atoms with Crippen LogP contribution in [0.4, 0.5) is 0 Å². The summed E-state index contributed by atoms with van der Waals surface area (Å²) >= 11 is 8.14. The zero-order valence-electron chi connectivity index (χ0n) is 9.02. The number of hydrogen-bond acceptors (Lipinski definition) is 2. The molecule has 0 bridgehead atoms. The van der Waals surface area contributed by atoms with Crippen LogP contribution in [-0.4, -0.2) is 25.5 Å². The van der Waals surface area contributed by atoms with Gasteiger partial charge < -0.3 is 10.6 Å². The first-order chi connectivity index (χ1) is 7.65. The molecule has 0 aliphatic carbocycles. The standard InChI is InChI=1S/C11H14ClIN2O/c1-2-14-5-6-15-11(16)9-4-3-8(13)7-10(9)12/h3-4,7,14H,2,5-6H2,1H3,(H,15,16). The maximum absolute atomic E-state index is 11.7. The molecule has 1 aromatic carbocycles. The number of likely N-dealkylation sites (N-methyl/N-ethyl adjacent to an activating group) is 1. The predicted octanol–water partition coefficient (Wildman–Crippen LogP) is 2.28. The van der Waals surface area contributed by atoms with Crippen molar-refractivity contribution >= 4 is 40.1 Å². The maximum atomic E-state index is 11.7. The lowest BCUT2D eigenvalue weighted by Gasteiger charge is -2.07. The Morgan fingerprint density at radius 3 is 2.81 bits per heavy atom. The third kappa shape index (κ3) is 4.27. The molecule has 1 amide bonds. The van der Waals surface area contributed by atoms with Gasteiger partial charge in [-0.05, 0) is 47.3 Å². The third-order valence-electron chi connectivity index (χ3n) is 2.01. The van der Waals surface area contributed by atoms with E-state index in [2.05, 4.69) is 33.2 Å². The summed E-state index contributed by atoms with van der Waals surface area (Å²) in [5, 5.41) is 6.43. The quantitative estimate of drug-likeness (QED) is 0.630. The van der Waals surface area contributed by atoms with Gasteiger partial charge in [0.15, 0.2) is 0 Å². The minimum Gasteiger partial charge on any atom is -0.351 e. The van der Waals surface area contributed by atoms with E-state index in [0.717, 1.165) is 16.7 Å². The van der Waals surface area contributed by atoms with E-state index in [1.54, 1.807) is 12.1 Å². The molecule has 1 rings (SSSR count). The van der Waals surface area contributed by atoms with Crippen molar-refractivity contribution in [3.05, 3.63) is 32.4 Å². The molecule has 0 heterocycles. The first-order valence-corrected chi connectivity index (χ1v) is 6.54. The van der Waals surface area contributed by atoms with Crippen LogP contribution in [0.5, 0.6) is 0 Å². The van der Waals surface area contributed by atoms with Crippen LogP contribution in [0.1, 0.15) is 17.3 Å². The second-order valence-corrected chi connectivity index (χ2v) is 4.89. The highest BCUT2D eigenvalue weighted by molar-refractivity contribution is 14.1. The Labute approximate surface area is 114 Å². The molecule has 0 aliphatic rings. The largest absolute Gasteiger partial charge is 0.351 e. The van der Waals surface area contributed by atoms with Gasteiger partial charge in [-0.25, -0.2) is 0 Å². The first kappa shape index (κ1) is 13.7. The summed E-state index contributed by atoms with van der Waals surface area (Å²) < 4.78 is 1.02. The lowest BCUT2D eigenvalue weighted by Crippen LogP contribution is -2.31. The molecule has 16 heavy (non-hydrogen) atoms. The molecular weight excluding hydrogens is 338 g/mol. The van der Waals surface area contributed by atoms with E-state index in [9.17, 15) is 4.79 Å². The number of carbonyl (C=O) groups is 1. The molecule has 1 aromatic rings. The Bertz CT molecular complexity index is 371. The number of carbonyl (C=O) groups excluding carboxylic acids is 1. The Hall–Kier alpha value is -0.330. The van der Waals surface area contributed by atoms with E-state index in [4.69, 9.17) is 11.6 Å². The predicted molar refractivity (Wildman–Crippen MR) is 75.0 cm³/mol. The molecule has 0 unspecified atom stereocenters. The average Bonchev–Trinajstić information content (AvgIpc) is 2.24. The second kappa shape index (κ2) is 7.09. The minimum atomic E-state index is -0.126. The van der Waals surface area contributed by atoms with Crippen LogP contribution in [0.3, 0.4) is 0 Å². The van der Waals surface area contributed by atoms with Gasteiger partial charge in [-0.3, -0.25) is 4.79 Å². The van der Waals surface area contributed by atoms with Gasteiger partial charge in [-0.1, -0.05) is 18.5 Å². The van der Waals surface area contributed by atoms with Gasteiger partial charge in [-0.15, -0.1) is 0 Å². The van der Waals surface area contributed by atoms with Crippen LogP contribution in [0.2, 0.25) is 5.02 Å². The normalized spacial score (nSPS) is 10.2. The number of hydrogen-bond donors (Lipinski definition) is 2. The van der Waals surface area contributed by atoms with Gasteiger partial charge in [0.05, 0.1) is 10.6 Å². The summed E-state index contributed by atoms with van der Waals surface area (Å²) in [7, 11) is 0. The molecule has 3 nitrogen and oxygen atoms in total. The lowest BCUT2D eigenvalue weighted by atomic mass is 10.2. The Balaban J connectivity index is 2.53. The van der Waals surface area contributed by atoms with Crippen LogP contribution < -0.4 is 10.6 Å². The lowest BCUT2D eigenvalue weighted by molar-refractivity contribution is 0.0954. The van der Waals surface area contributed by atoms with Crippen LogP contribution >= 0.6 is 34.2 Å². The van der Waals surface area contributed by atoms with Gasteiger partial charge in [0.2, 0.25) is 0 Å². The second-order valence-electron chi connectivity index (χ2n) is 3.23. The van der Waals surface area contributed by atoms with Crippen molar-refractivity contribution in [2.24, 2.45) is 0 Å². The van der Waals surface area contributed by atoms with Crippen molar-refractivity contribution in [1.82, 2.24) is 10.6 Å². The number of nitrogens with one attached hydrogen (secondary N) is 2. The number of benzene rings is 1.